The predicted octanol–water partition coefficient (Wildman–Crippen LogP) is 1.50. The molecule has 0 aliphatic heterocycles. The second-order valence-electron chi connectivity index (χ2n) is 4.65. The van der Waals surface area contributed by atoms with Crippen LogP contribution in [0.1, 0.15) is 30.6 Å². The van der Waals surface area contributed by atoms with Crippen LogP contribution in [0.2, 0.25) is 0 Å². The van der Waals surface area contributed by atoms with Crippen molar-refractivity contribution in [1.82, 2.24) is 4.90 Å². The van der Waals surface area contributed by atoms with Crippen molar-refractivity contribution in [3.05, 3.63) is 29.8 Å². The van der Waals surface area contributed by atoms with Gasteiger partial charge in [0.1, 0.15) is 6.54 Å². The topological polar surface area (TPSA) is 113 Å². The summed E-state index contributed by atoms with van der Waals surface area (Å²) in [6.45, 7) is 3.27. The predicted molar refractivity (Wildman–Crippen MR) is 78.1 cm³/mol. The summed E-state index contributed by atoms with van der Waals surface area (Å²) in [6, 6.07) is 5.34. The van der Waals surface area contributed by atoms with E-state index in [2.05, 4.69) is 5.32 Å². The Morgan fingerprint density at radius 2 is 1.86 bits per heavy atom. The minimum Gasteiger partial charge on any atom is -0.480 e. The molecule has 1 aromatic rings. The molecule has 1 unspecified atom stereocenters. The molecule has 7 nitrogen and oxygen atoms in total. The highest BCUT2D eigenvalue weighted by Gasteiger charge is 2.21. The van der Waals surface area contributed by atoms with Gasteiger partial charge in [-0.15, -0.1) is 0 Å². The number of primary amides is 1. The van der Waals surface area contributed by atoms with Crippen molar-refractivity contribution in [3.8, 4) is 0 Å². The van der Waals surface area contributed by atoms with Gasteiger partial charge in [-0.3, -0.25) is 9.59 Å². The second-order valence-corrected chi connectivity index (χ2v) is 4.65. The molecule has 0 fully saturated rings. The van der Waals surface area contributed by atoms with E-state index < -0.39 is 17.9 Å². The summed E-state index contributed by atoms with van der Waals surface area (Å²) in [5, 5.41) is 11.5. The number of nitrogens with two attached hydrogens (primary N) is 1. The average molecular weight is 293 g/mol. The number of hydrogen-bond acceptors (Lipinski definition) is 3. The van der Waals surface area contributed by atoms with E-state index in [1.165, 1.54) is 29.2 Å². The second kappa shape index (κ2) is 7.28. The summed E-state index contributed by atoms with van der Waals surface area (Å²) >= 11 is 0. The lowest BCUT2D eigenvalue weighted by Gasteiger charge is -2.27. The molecule has 1 aromatic carbocycles. The number of amides is 3. The van der Waals surface area contributed by atoms with Crippen LogP contribution in [0.3, 0.4) is 0 Å². The first kappa shape index (κ1) is 16.5. The molecule has 1 rings (SSSR count). The normalized spacial score (nSPS) is 11.5. The molecule has 7 heteroatoms. The smallest absolute Gasteiger partial charge is 0.323 e. The standard InChI is InChI=1S/C14H19N3O4/c1-3-9(2)17(8-12(18)19)14(21)16-11-6-4-10(5-7-11)13(15)20/h4-7,9H,3,8H2,1-2H3,(H2,15,20)(H,16,21)(H,18,19). The largest absolute Gasteiger partial charge is 0.480 e. The van der Waals surface area contributed by atoms with Crippen molar-refractivity contribution in [1.29, 1.82) is 0 Å². The SMILES string of the molecule is CCC(C)N(CC(=O)O)C(=O)Nc1ccc(C(N)=O)cc1. The van der Waals surface area contributed by atoms with E-state index in [4.69, 9.17) is 10.8 Å². The summed E-state index contributed by atoms with van der Waals surface area (Å²) in [4.78, 5) is 35.2. The van der Waals surface area contributed by atoms with Crippen LogP contribution in [0.5, 0.6) is 0 Å². The van der Waals surface area contributed by atoms with Gasteiger partial charge < -0.3 is 21.1 Å². The minimum absolute atomic E-state index is 0.203. The summed E-state index contributed by atoms with van der Waals surface area (Å²) in [6.07, 6.45) is 0.640. The van der Waals surface area contributed by atoms with E-state index in [0.29, 0.717) is 17.7 Å². The quantitative estimate of drug-likeness (QED) is 0.737. The lowest BCUT2D eigenvalue weighted by atomic mass is 10.2. The van der Waals surface area contributed by atoms with Crippen molar-refractivity contribution in [2.24, 2.45) is 5.73 Å². The summed E-state index contributed by atoms with van der Waals surface area (Å²) < 4.78 is 0. The lowest BCUT2D eigenvalue weighted by Crippen LogP contribution is -2.44. The summed E-state index contributed by atoms with van der Waals surface area (Å²) in [7, 11) is 0. The number of anilines is 1. The van der Waals surface area contributed by atoms with Crippen molar-refractivity contribution in [2.45, 2.75) is 26.3 Å². The molecule has 4 N–H and O–H groups in total. The molecule has 0 aromatic heterocycles. The number of carbonyl (C=O) groups excluding carboxylic acids is 2. The fourth-order valence-electron chi connectivity index (χ4n) is 1.71. The number of hydrogen-bond donors (Lipinski definition) is 3. The van der Waals surface area contributed by atoms with Crippen LogP contribution in [0.4, 0.5) is 10.5 Å². The molecule has 0 spiro atoms. The van der Waals surface area contributed by atoms with E-state index in [0.717, 1.165) is 0 Å². The first-order valence-corrected chi connectivity index (χ1v) is 6.54. The van der Waals surface area contributed by atoms with Gasteiger partial charge in [-0.1, -0.05) is 6.92 Å². The zero-order chi connectivity index (χ0) is 16.0. The van der Waals surface area contributed by atoms with Crippen LogP contribution in [0.15, 0.2) is 24.3 Å². The number of carboxylic acids is 1. The molecule has 0 aliphatic rings. The van der Waals surface area contributed by atoms with Crippen LogP contribution in [0.25, 0.3) is 0 Å². The van der Waals surface area contributed by atoms with Gasteiger partial charge in [0.2, 0.25) is 5.91 Å². The number of carbonyl (C=O) groups is 3. The number of nitrogens with one attached hydrogen (secondary N) is 1. The van der Waals surface area contributed by atoms with Gasteiger partial charge in [-0.2, -0.15) is 0 Å². The first-order valence-electron chi connectivity index (χ1n) is 6.54. The van der Waals surface area contributed by atoms with E-state index in [1.807, 2.05) is 6.92 Å². The Bertz CT molecular complexity index is 528. The molecule has 3 amide bonds. The van der Waals surface area contributed by atoms with Crippen molar-refractivity contribution in [2.75, 3.05) is 11.9 Å². The minimum atomic E-state index is -1.07. The van der Waals surface area contributed by atoms with E-state index in [9.17, 15) is 14.4 Å². The van der Waals surface area contributed by atoms with Gasteiger partial charge in [-0.05, 0) is 37.6 Å². The first-order chi connectivity index (χ1) is 9.85. The lowest BCUT2D eigenvalue weighted by molar-refractivity contribution is -0.138. The highest BCUT2D eigenvalue weighted by Crippen LogP contribution is 2.12. The number of carboxylic acid groups (broad SMARTS) is 1. The third kappa shape index (κ3) is 4.79. The molecule has 0 heterocycles. The van der Waals surface area contributed by atoms with Gasteiger partial charge in [0.25, 0.3) is 0 Å². The monoisotopic (exact) mass is 293 g/mol. The number of aliphatic carboxylic acids is 1. The highest BCUT2D eigenvalue weighted by molar-refractivity contribution is 5.95. The Morgan fingerprint density at radius 3 is 2.29 bits per heavy atom. The van der Waals surface area contributed by atoms with Crippen LogP contribution in [-0.4, -0.2) is 40.5 Å². The summed E-state index contributed by atoms with van der Waals surface area (Å²) in [5.74, 6) is -1.63. The van der Waals surface area contributed by atoms with Gasteiger partial charge in [0, 0.05) is 17.3 Å². The van der Waals surface area contributed by atoms with Gasteiger partial charge in [-0.25, -0.2) is 4.79 Å². The third-order valence-corrected chi connectivity index (χ3v) is 3.11. The van der Waals surface area contributed by atoms with Crippen LogP contribution < -0.4 is 11.1 Å². The van der Waals surface area contributed by atoms with Crippen LogP contribution in [0, 0.1) is 0 Å². The molecule has 0 saturated carbocycles. The summed E-state index contributed by atoms with van der Waals surface area (Å²) in [5.41, 5.74) is 5.92. The Kier molecular flexibility index (Phi) is 5.71. The fourth-order valence-corrected chi connectivity index (χ4v) is 1.71. The van der Waals surface area contributed by atoms with Crippen molar-refractivity contribution in [3.63, 3.8) is 0 Å². The van der Waals surface area contributed by atoms with Gasteiger partial charge in [0.15, 0.2) is 0 Å². The Morgan fingerprint density at radius 1 is 1.29 bits per heavy atom. The molecule has 21 heavy (non-hydrogen) atoms. The maximum atomic E-state index is 12.1. The maximum absolute atomic E-state index is 12.1. The number of rotatable bonds is 6. The molecule has 1 atom stereocenters. The molecule has 0 bridgehead atoms. The fraction of sp³-hybridized carbons (Fsp3) is 0.357. The number of urea groups is 1. The maximum Gasteiger partial charge on any atom is 0.323 e. The van der Waals surface area contributed by atoms with Crippen molar-refractivity contribution < 1.29 is 19.5 Å². The molecule has 0 aliphatic carbocycles. The van der Waals surface area contributed by atoms with Crippen LogP contribution in [-0.2, 0) is 4.79 Å². The molecular weight excluding hydrogens is 274 g/mol. The van der Waals surface area contributed by atoms with Crippen LogP contribution >= 0.6 is 0 Å². The zero-order valence-corrected chi connectivity index (χ0v) is 12.0. The van der Waals surface area contributed by atoms with Gasteiger partial charge >= 0.3 is 12.0 Å². The number of benzene rings is 1. The van der Waals surface area contributed by atoms with E-state index >= 15 is 0 Å². The van der Waals surface area contributed by atoms with E-state index in [-0.39, 0.29) is 12.6 Å². The van der Waals surface area contributed by atoms with Gasteiger partial charge in [0.05, 0.1) is 0 Å². The number of nitrogens with zero attached hydrogens (tertiary/aromatic N) is 1. The molecule has 0 radical (unpaired) electrons. The third-order valence-electron chi connectivity index (χ3n) is 3.11. The molecular formula is C14H19N3O4. The average Bonchev–Trinajstić information content (AvgIpc) is 2.44. The zero-order valence-electron chi connectivity index (χ0n) is 12.0. The Balaban J connectivity index is 2.80. The Labute approximate surface area is 122 Å². The molecule has 0 saturated heterocycles. The van der Waals surface area contributed by atoms with E-state index in [1.54, 1.807) is 6.92 Å². The molecule has 114 valence electrons. The highest BCUT2D eigenvalue weighted by atomic mass is 16.4. The Hall–Kier alpha value is -2.57. The van der Waals surface area contributed by atoms with Crippen molar-refractivity contribution >= 4 is 23.6 Å².